The van der Waals surface area contributed by atoms with Crippen LogP contribution in [0.15, 0.2) is 30.3 Å². The van der Waals surface area contributed by atoms with Gasteiger partial charge >= 0.3 is 0 Å². The molecule has 1 aromatic carbocycles. The van der Waals surface area contributed by atoms with Crippen molar-refractivity contribution in [3.63, 3.8) is 0 Å². The van der Waals surface area contributed by atoms with Crippen LogP contribution in [0.2, 0.25) is 0 Å². The van der Waals surface area contributed by atoms with E-state index in [9.17, 15) is 9.18 Å². The Labute approximate surface area is 162 Å². The van der Waals surface area contributed by atoms with Crippen molar-refractivity contribution in [3.05, 3.63) is 58.7 Å². The molecule has 0 bridgehead atoms. The number of aromatic nitrogens is 1. The molecule has 28 heavy (non-hydrogen) atoms. The fourth-order valence-electron chi connectivity index (χ4n) is 3.89. The summed E-state index contributed by atoms with van der Waals surface area (Å²) in [4.78, 5) is 19.6. The second kappa shape index (κ2) is 7.00. The summed E-state index contributed by atoms with van der Waals surface area (Å²) in [7, 11) is 0. The minimum Gasteiger partial charge on any atom is -0.486 e. The average Bonchev–Trinajstić information content (AvgIpc) is 3.26. The Morgan fingerprint density at radius 3 is 2.86 bits per heavy atom. The van der Waals surface area contributed by atoms with Crippen LogP contribution in [0, 0.1) is 5.82 Å². The van der Waals surface area contributed by atoms with Gasteiger partial charge in [0, 0.05) is 48.6 Å². The number of nitrogens with zero attached hydrogens (tertiary/aromatic N) is 2. The van der Waals surface area contributed by atoms with Gasteiger partial charge < -0.3 is 14.8 Å². The lowest BCUT2D eigenvalue weighted by Crippen LogP contribution is -2.37. The second-order valence-electron chi connectivity index (χ2n) is 7.14. The van der Waals surface area contributed by atoms with E-state index in [1.807, 2.05) is 12.1 Å². The SMILES string of the molecule is O=C1Nc2ccc(F)cc2/C1=C1/OCc2nc(CCN3CCOCC3)ccc21. The zero-order chi connectivity index (χ0) is 19.1. The molecule has 5 rings (SSSR count). The Morgan fingerprint density at radius 1 is 1.14 bits per heavy atom. The van der Waals surface area contributed by atoms with Crippen LogP contribution in [0.5, 0.6) is 0 Å². The highest BCUT2D eigenvalue weighted by Gasteiger charge is 2.33. The lowest BCUT2D eigenvalue weighted by atomic mass is 10.0. The molecule has 3 aliphatic heterocycles. The van der Waals surface area contributed by atoms with Crippen LogP contribution >= 0.6 is 0 Å². The van der Waals surface area contributed by atoms with Crippen molar-refractivity contribution in [2.24, 2.45) is 0 Å². The molecule has 0 saturated carbocycles. The molecule has 0 atom stereocenters. The topological polar surface area (TPSA) is 63.7 Å². The maximum atomic E-state index is 13.7. The molecule has 1 fully saturated rings. The number of anilines is 1. The van der Waals surface area contributed by atoms with Crippen molar-refractivity contribution >= 4 is 22.9 Å². The average molecular weight is 381 g/mol. The number of nitrogens with one attached hydrogen (secondary N) is 1. The lowest BCUT2D eigenvalue weighted by molar-refractivity contribution is -0.110. The summed E-state index contributed by atoms with van der Waals surface area (Å²) in [5.74, 6) is -0.188. The molecular weight excluding hydrogens is 361 g/mol. The van der Waals surface area contributed by atoms with Gasteiger partial charge in [-0.05, 0) is 30.3 Å². The van der Waals surface area contributed by atoms with Gasteiger partial charge in [0.1, 0.15) is 18.2 Å². The summed E-state index contributed by atoms with van der Waals surface area (Å²) in [5, 5.41) is 2.77. The van der Waals surface area contributed by atoms with E-state index < -0.39 is 0 Å². The minimum absolute atomic E-state index is 0.278. The van der Waals surface area contributed by atoms with Crippen molar-refractivity contribution in [2.75, 3.05) is 38.2 Å². The first-order valence-corrected chi connectivity index (χ1v) is 9.46. The van der Waals surface area contributed by atoms with Gasteiger partial charge in [-0.2, -0.15) is 0 Å². The third-order valence-corrected chi connectivity index (χ3v) is 5.37. The van der Waals surface area contributed by atoms with E-state index in [2.05, 4.69) is 10.2 Å². The summed E-state index contributed by atoms with van der Waals surface area (Å²) in [6.45, 7) is 4.74. The fraction of sp³-hybridized carbons (Fsp3) is 0.333. The highest BCUT2D eigenvalue weighted by atomic mass is 19.1. The first-order chi connectivity index (χ1) is 13.7. The number of morpholine rings is 1. The number of benzene rings is 1. The summed E-state index contributed by atoms with van der Waals surface area (Å²) in [6.07, 6.45) is 0.855. The number of ether oxygens (including phenoxy) is 2. The molecule has 1 aromatic heterocycles. The Kier molecular flexibility index (Phi) is 4.33. The van der Waals surface area contributed by atoms with E-state index in [1.165, 1.54) is 12.1 Å². The van der Waals surface area contributed by atoms with Gasteiger partial charge in [-0.25, -0.2) is 4.39 Å². The van der Waals surface area contributed by atoms with Gasteiger partial charge in [0.15, 0.2) is 0 Å². The van der Waals surface area contributed by atoms with Crippen molar-refractivity contribution in [1.29, 1.82) is 0 Å². The Bertz CT molecular complexity index is 983. The molecule has 2 aromatic rings. The third kappa shape index (κ3) is 3.06. The lowest BCUT2D eigenvalue weighted by Gasteiger charge is -2.26. The van der Waals surface area contributed by atoms with Crippen LogP contribution < -0.4 is 5.32 Å². The Balaban J connectivity index is 1.42. The molecule has 3 aliphatic rings. The molecule has 1 saturated heterocycles. The smallest absolute Gasteiger partial charge is 0.260 e. The first-order valence-electron chi connectivity index (χ1n) is 9.46. The number of halogens is 1. The maximum absolute atomic E-state index is 13.7. The van der Waals surface area contributed by atoms with Crippen molar-refractivity contribution in [1.82, 2.24) is 9.88 Å². The van der Waals surface area contributed by atoms with Crippen LogP contribution in [0.4, 0.5) is 10.1 Å². The van der Waals surface area contributed by atoms with Gasteiger partial charge in [-0.15, -0.1) is 0 Å². The molecule has 7 heteroatoms. The Hall–Kier alpha value is -2.77. The van der Waals surface area contributed by atoms with Crippen molar-refractivity contribution in [3.8, 4) is 0 Å². The van der Waals surface area contributed by atoms with Crippen LogP contribution in [0.3, 0.4) is 0 Å². The molecule has 0 unspecified atom stereocenters. The van der Waals surface area contributed by atoms with Crippen LogP contribution in [0.1, 0.15) is 22.5 Å². The van der Waals surface area contributed by atoms with E-state index in [0.29, 0.717) is 29.2 Å². The number of rotatable bonds is 3. The molecule has 0 aliphatic carbocycles. The standard InChI is InChI=1S/C21H20FN3O3/c22-13-1-4-17-16(11-13)19(21(26)24-17)20-15-3-2-14(23-18(15)12-28-20)5-6-25-7-9-27-10-8-25/h1-4,11H,5-10,12H2,(H,24,26)/b20-19-. The number of hydrogen-bond acceptors (Lipinski definition) is 5. The van der Waals surface area contributed by atoms with E-state index >= 15 is 0 Å². The largest absolute Gasteiger partial charge is 0.486 e. The highest BCUT2D eigenvalue weighted by molar-refractivity contribution is 6.36. The quantitative estimate of drug-likeness (QED) is 0.828. The van der Waals surface area contributed by atoms with E-state index in [-0.39, 0.29) is 11.7 Å². The van der Waals surface area contributed by atoms with Crippen molar-refractivity contribution < 1.29 is 18.7 Å². The molecule has 1 N–H and O–H groups in total. The number of pyridine rings is 1. The molecule has 4 heterocycles. The summed E-state index contributed by atoms with van der Waals surface area (Å²) in [5.41, 5.74) is 4.13. The van der Waals surface area contributed by atoms with Crippen LogP contribution in [0.25, 0.3) is 11.3 Å². The summed E-state index contributed by atoms with van der Waals surface area (Å²) >= 11 is 0. The van der Waals surface area contributed by atoms with Crippen LogP contribution in [-0.4, -0.2) is 48.6 Å². The first kappa shape index (κ1) is 17.3. The maximum Gasteiger partial charge on any atom is 0.260 e. The van der Waals surface area contributed by atoms with Crippen LogP contribution in [-0.2, 0) is 27.3 Å². The molecule has 6 nitrogen and oxygen atoms in total. The van der Waals surface area contributed by atoms with Gasteiger partial charge in [-0.1, -0.05) is 0 Å². The van der Waals surface area contributed by atoms with Gasteiger partial charge in [0.25, 0.3) is 5.91 Å². The van der Waals surface area contributed by atoms with E-state index in [1.54, 1.807) is 6.07 Å². The normalized spacial score (nSPS) is 21.2. The summed E-state index contributed by atoms with van der Waals surface area (Å²) < 4.78 is 24.9. The zero-order valence-electron chi connectivity index (χ0n) is 15.3. The molecule has 1 amide bonds. The van der Waals surface area contributed by atoms with Crippen molar-refractivity contribution in [2.45, 2.75) is 13.0 Å². The number of hydrogen-bond donors (Lipinski definition) is 1. The predicted molar refractivity (Wildman–Crippen MR) is 102 cm³/mol. The highest BCUT2D eigenvalue weighted by Crippen LogP contribution is 2.41. The number of fused-ring (bicyclic) bond motifs is 2. The molecular formula is C21H20FN3O3. The van der Waals surface area contributed by atoms with Gasteiger partial charge in [0.2, 0.25) is 0 Å². The number of carbonyl (C=O) groups excluding carboxylic acids is 1. The molecule has 144 valence electrons. The molecule has 0 spiro atoms. The van der Waals surface area contributed by atoms with E-state index in [4.69, 9.17) is 14.5 Å². The van der Waals surface area contributed by atoms with Gasteiger partial charge in [0.05, 0.1) is 24.5 Å². The molecule has 0 radical (unpaired) electrons. The third-order valence-electron chi connectivity index (χ3n) is 5.37. The Morgan fingerprint density at radius 2 is 2.00 bits per heavy atom. The number of amides is 1. The monoisotopic (exact) mass is 381 g/mol. The predicted octanol–water partition coefficient (Wildman–Crippen LogP) is 2.45. The summed E-state index contributed by atoms with van der Waals surface area (Å²) in [6, 6.07) is 8.20. The minimum atomic E-state index is -0.386. The fourth-order valence-corrected chi connectivity index (χ4v) is 3.89. The van der Waals surface area contributed by atoms with Gasteiger partial charge in [-0.3, -0.25) is 14.7 Å². The number of carbonyl (C=O) groups is 1. The second-order valence-corrected chi connectivity index (χ2v) is 7.14. The zero-order valence-corrected chi connectivity index (χ0v) is 15.3. The van der Waals surface area contributed by atoms with E-state index in [0.717, 1.165) is 56.2 Å².